The zero-order valence-corrected chi connectivity index (χ0v) is 34.9. The van der Waals surface area contributed by atoms with Gasteiger partial charge in [0.25, 0.3) is 0 Å². The summed E-state index contributed by atoms with van der Waals surface area (Å²) in [4.78, 5) is 2.10. The van der Waals surface area contributed by atoms with Gasteiger partial charge < -0.3 is 28.4 Å². The normalized spacial score (nSPS) is 13.7. The van der Waals surface area contributed by atoms with Crippen LogP contribution in [0.3, 0.4) is 0 Å². The van der Waals surface area contributed by atoms with Crippen LogP contribution in [0.25, 0.3) is 24.3 Å². The van der Waals surface area contributed by atoms with Gasteiger partial charge in [-0.2, -0.15) is 0 Å². The van der Waals surface area contributed by atoms with Crippen LogP contribution in [0.2, 0.25) is 0 Å². The van der Waals surface area contributed by atoms with Crippen LogP contribution in [0, 0.1) is 0 Å². The number of rotatable bonds is 28. The third-order valence-corrected chi connectivity index (χ3v) is 12.0. The fourth-order valence-corrected chi connectivity index (χ4v) is 8.62. The van der Waals surface area contributed by atoms with Gasteiger partial charge in [0.15, 0.2) is 23.0 Å². The molecule has 0 spiro atoms. The first-order valence-corrected chi connectivity index (χ1v) is 23.1. The Balaban J connectivity index is 1.26. The van der Waals surface area contributed by atoms with Gasteiger partial charge in [-0.3, -0.25) is 0 Å². The summed E-state index contributed by atoms with van der Waals surface area (Å²) in [7, 11) is 0. The van der Waals surface area contributed by atoms with Crippen LogP contribution in [0.5, 0.6) is 34.5 Å². The molecule has 1 aromatic carbocycles. The number of hydrogen-bond donors (Lipinski definition) is 0. The average molecular weight is 779 g/mol. The molecule has 0 atom stereocenters. The number of ether oxygens (including phenoxy) is 6. The third-order valence-electron chi connectivity index (χ3n) is 10.1. The van der Waals surface area contributed by atoms with Gasteiger partial charge in [-0.1, -0.05) is 129 Å². The molecule has 6 nitrogen and oxygen atoms in total. The van der Waals surface area contributed by atoms with Crippen LogP contribution in [0.1, 0.15) is 163 Å². The largest absolute Gasteiger partial charge is 0.493 e. The molecule has 3 aromatic rings. The van der Waals surface area contributed by atoms with Crippen molar-refractivity contribution in [1.29, 1.82) is 0 Å². The SMILES string of the molecule is CCCCCCCCCCCCOc1cc(/C=C/c2scc3c2OCCO3)c(OCCCCCCCCCCCC)cc1/C=C/c1scc2c1OCCO2. The molecule has 0 fully saturated rings. The van der Waals surface area contributed by atoms with Crippen molar-refractivity contribution in [3.05, 3.63) is 43.8 Å². The molecule has 298 valence electrons. The lowest BCUT2D eigenvalue weighted by atomic mass is 10.1. The van der Waals surface area contributed by atoms with Crippen molar-refractivity contribution in [1.82, 2.24) is 0 Å². The highest BCUT2D eigenvalue weighted by Crippen LogP contribution is 2.42. The fraction of sp³-hybridized carbons (Fsp3) is 0.609. The van der Waals surface area contributed by atoms with E-state index in [-0.39, 0.29) is 0 Å². The number of unbranched alkanes of at least 4 members (excludes halogenated alkanes) is 18. The predicted octanol–water partition coefficient (Wildman–Crippen LogP) is 14.3. The van der Waals surface area contributed by atoms with Crippen molar-refractivity contribution in [3.8, 4) is 34.5 Å². The minimum Gasteiger partial charge on any atom is -0.493 e. The summed E-state index contributed by atoms with van der Waals surface area (Å²) in [5, 5.41) is 4.06. The highest BCUT2D eigenvalue weighted by Gasteiger charge is 2.19. The second-order valence-corrected chi connectivity index (χ2v) is 16.5. The quantitative estimate of drug-likeness (QED) is 0.0684. The summed E-state index contributed by atoms with van der Waals surface area (Å²) in [5.74, 6) is 5.05. The maximum Gasteiger partial charge on any atom is 0.179 e. The lowest BCUT2D eigenvalue weighted by Crippen LogP contribution is -2.14. The molecule has 8 heteroatoms. The van der Waals surface area contributed by atoms with Gasteiger partial charge in [-0.05, 0) is 49.3 Å². The van der Waals surface area contributed by atoms with Crippen molar-refractivity contribution in [3.63, 3.8) is 0 Å². The van der Waals surface area contributed by atoms with Gasteiger partial charge in [0.1, 0.15) is 37.9 Å². The Hall–Kier alpha value is -3.10. The second-order valence-electron chi connectivity index (χ2n) is 14.6. The number of hydrogen-bond acceptors (Lipinski definition) is 8. The molecule has 0 saturated heterocycles. The first-order valence-electron chi connectivity index (χ1n) is 21.3. The van der Waals surface area contributed by atoms with E-state index in [1.807, 2.05) is 10.8 Å². The van der Waals surface area contributed by atoms with Gasteiger partial charge in [-0.15, -0.1) is 22.7 Å². The molecule has 2 aromatic heterocycles. The molecule has 0 amide bonds. The van der Waals surface area contributed by atoms with Crippen LogP contribution < -0.4 is 28.4 Å². The molecule has 54 heavy (non-hydrogen) atoms. The Morgan fingerprint density at radius 1 is 0.463 bits per heavy atom. The van der Waals surface area contributed by atoms with Gasteiger partial charge >= 0.3 is 0 Å². The van der Waals surface area contributed by atoms with Crippen LogP contribution >= 0.6 is 22.7 Å². The Morgan fingerprint density at radius 3 is 1.20 bits per heavy atom. The molecule has 2 aliphatic rings. The number of thiophene rings is 2. The minimum atomic E-state index is 0.570. The topological polar surface area (TPSA) is 55.4 Å². The van der Waals surface area contributed by atoms with Crippen molar-refractivity contribution < 1.29 is 28.4 Å². The van der Waals surface area contributed by atoms with E-state index in [4.69, 9.17) is 28.4 Å². The van der Waals surface area contributed by atoms with Crippen LogP contribution in [-0.4, -0.2) is 39.6 Å². The number of benzene rings is 1. The fourth-order valence-electron chi connectivity index (χ4n) is 6.97. The Kier molecular flexibility index (Phi) is 19.6. The Labute approximate surface area is 334 Å². The molecular weight excluding hydrogens is 713 g/mol. The first-order chi connectivity index (χ1) is 26.8. The Bertz CT molecular complexity index is 1420. The van der Waals surface area contributed by atoms with Crippen LogP contribution in [0.15, 0.2) is 22.9 Å². The Morgan fingerprint density at radius 2 is 0.815 bits per heavy atom. The second kappa shape index (κ2) is 25.1. The maximum absolute atomic E-state index is 6.59. The minimum absolute atomic E-state index is 0.570. The van der Waals surface area contributed by atoms with E-state index in [1.165, 1.54) is 116 Å². The average Bonchev–Trinajstić information content (AvgIpc) is 3.82. The van der Waals surface area contributed by atoms with E-state index >= 15 is 0 Å². The van der Waals surface area contributed by atoms with Gasteiger partial charge in [0, 0.05) is 21.9 Å². The van der Waals surface area contributed by atoms with E-state index in [1.54, 1.807) is 22.7 Å². The van der Waals surface area contributed by atoms with Crippen molar-refractivity contribution in [2.75, 3.05) is 39.6 Å². The van der Waals surface area contributed by atoms with E-state index in [0.717, 1.165) is 68.2 Å². The molecule has 0 aliphatic carbocycles. The summed E-state index contributed by atoms with van der Waals surface area (Å²) in [6.07, 6.45) is 34.5. The van der Waals surface area contributed by atoms with E-state index in [0.29, 0.717) is 39.6 Å². The smallest absolute Gasteiger partial charge is 0.179 e. The van der Waals surface area contributed by atoms with Gasteiger partial charge in [0.05, 0.1) is 23.0 Å². The molecule has 4 heterocycles. The summed E-state index contributed by atoms with van der Waals surface area (Å²) in [6.45, 7) is 8.26. The van der Waals surface area contributed by atoms with Crippen LogP contribution in [0.4, 0.5) is 0 Å². The molecule has 2 aliphatic heterocycles. The summed E-state index contributed by atoms with van der Waals surface area (Å²) in [5.41, 5.74) is 2.00. The molecule has 0 unspecified atom stereocenters. The van der Waals surface area contributed by atoms with E-state index in [2.05, 4.69) is 50.3 Å². The van der Waals surface area contributed by atoms with Gasteiger partial charge in [0.2, 0.25) is 0 Å². The highest BCUT2D eigenvalue weighted by atomic mass is 32.1. The molecule has 0 N–H and O–H groups in total. The van der Waals surface area contributed by atoms with E-state index < -0.39 is 0 Å². The maximum atomic E-state index is 6.59. The third kappa shape index (κ3) is 14.2. The summed E-state index contributed by atoms with van der Waals surface area (Å²) in [6, 6.07) is 4.31. The zero-order chi connectivity index (χ0) is 37.5. The first kappa shape index (κ1) is 42.1. The lowest BCUT2D eigenvalue weighted by Gasteiger charge is -2.16. The predicted molar refractivity (Wildman–Crippen MR) is 230 cm³/mol. The number of fused-ring (bicyclic) bond motifs is 2. The van der Waals surface area contributed by atoms with Crippen LogP contribution in [-0.2, 0) is 0 Å². The van der Waals surface area contributed by atoms with Crippen molar-refractivity contribution in [2.45, 2.75) is 142 Å². The molecule has 0 radical (unpaired) electrons. The molecular formula is C46H66O6S2. The van der Waals surface area contributed by atoms with Crippen molar-refractivity contribution in [2.24, 2.45) is 0 Å². The highest BCUT2D eigenvalue weighted by molar-refractivity contribution is 7.12. The van der Waals surface area contributed by atoms with E-state index in [9.17, 15) is 0 Å². The summed E-state index contributed by atoms with van der Waals surface area (Å²) < 4.78 is 36.8. The molecule has 0 saturated carbocycles. The summed E-state index contributed by atoms with van der Waals surface area (Å²) >= 11 is 3.28. The molecule has 0 bridgehead atoms. The molecule has 5 rings (SSSR count). The zero-order valence-electron chi connectivity index (χ0n) is 33.3. The monoisotopic (exact) mass is 778 g/mol. The van der Waals surface area contributed by atoms with Gasteiger partial charge in [-0.25, -0.2) is 0 Å². The standard InChI is InChI=1S/C46H66O6S2/c1-3-5-7-9-11-13-15-17-19-21-27-47-39-33-38(24-26-44-46-42(36-54-44)50-30-32-52-46)40(48-28-22-20-18-16-14-12-10-8-6-4-2)34-37(39)23-25-43-45-41(35-53-43)49-29-31-51-45/h23-26,33-36H,3-22,27-32H2,1-2H3/b25-23+,26-24+. The van der Waals surface area contributed by atoms with Crippen molar-refractivity contribution >= 4 is 47.0 Å². The lowest BCUT2D eigenvalue weighted by molar-refractivity contribution is 0.173.